The predicted molar refractivity (Wildman–Crippen MR) is 38.0 cm³/mol. The van der Waals surface area contributed by atoms with Crippen molar-refractivity contribution in [3.63, 3.8) is 0 Å². The molecule has 0 aliphatic heterocycles. The Bertz CT molecular complexity index is 37.4. The standard InChI is InChI=1S/C5H13NOS/c1-7-5-3-4-6-8-2/h6H,3-5H2,1-2H3. The van der Waals surface area contributed by atoms with E-state index >= 15 is 0 Å². The highest BCUT2D eigenvalue weighted by Crippen LogP contribution is 1.83. The van der Waals surface area contributed by atoms with E-state index in [9.17, 15) is 0 Å². The van der Waals surface area contributed by atoms with Gasteiger partial charge in [0.15, 0.2) is 0 Å². The van der Waals surface area contributed by atoms with Crippen LogP contribution in [0.3, 0.4) is 0 Å². The molecule has 0 atom stereocenters. The van der Waals surface area contributed by atoms with Gasteiger partial charge in [0.1, 0.15) is 0 Å². The number of methoxy groups -OCH3 is 1. The monoisotopic (exact) mass is 135 g/mol. The first-order valence-corrected chi connectivity index (χ1v) is 3.89. The lowest BCUT2D eigenvalue weighted by Gasteiger charge is -1.97. The lowest BCUT2D eigenvalue weighted by atomic mass is 10.5. The number of ether oxygens (including phenoxy) is 1. The fourth-order valence-electron chi connectivity index (χ4n) is 0.391. The minimum atomic E-state index is 0.855. The molecule has 0 bridgehead atoms. The first kappa shape index (κ1) is 8.27. The predicted octanol–water partition coefficient (Wildman–Crippen LogP) is 0.891. The van der Waals surface area contributed by atoms with Gasteiger partial charge < -0.3 is 4.74 Å². The Balaban J connectivity index is 2.53. The van der Waals surface area contributed by atoms with Crippen LogP contribution >= 0.6 is 11.9 Å². The summed E-state index contributed by atoms with van der Waals surface area (Å²) >= 11 is 1.65. The second-order valence-corrected chi connectivity index (χ2v) is 2.14. The highest BCUT2D eigenvalue weighted by molar-refractivity contribution is 7.96. The minimum Gasteiger partial charge on any atom is -0.385 e. The van der Waals surface area contributed by atoms with Crippen LogP contribution in [-0.2, 0) is 4.74 Å². The lowest BCUT2D eigenvalue weighted by Crippen LogP contribution is -2.06. The van der Waals surface area contributed by atoms with Crippen LogP contribution in [-0.4, -0.2) is 26.5 Å². The van der Waals surface area contributed by atoms with Crippen LogP contribution in [0.5, 0.6) is 0 Å². The molecule has 0 rings (SSSR count). The quantitative estimate of drug-likeness (QED) is 0.447. The van der Waals surface area contributed by atoms with Gasteiger partial charge in [-0.3, -0.25) is 4.72 Å². The SMILES string of the molecule is COCCCNSC. The van der Waals surface area contributed by atoms with Crippen LogP contribution in [0.4, 0.5) is 0 Å². The van der Waals surface area contributed by atoms with Gasteiger partial charge in [-0.2, -0.15) is 0 Å². The Morgan fingerprint density at radius 1 is 1.62 bits per heavy atom. The number of hydrogen-bond donors (Lipinski definition) is 1. The van der Waals surface area contributed by atoms with Crippen molar-refractivity contribution in [1.82, 2.24) is 4.72 Å². The molecule has 0 unspecified atom stereocenters. The maximum atomic E-state index is 4.84. The minimum absolute atomic E-state index is 0.855. The maximum Gasteiger partial charge on any atom is 0.0474 e. The van der Waals surface area contributed by atoms with Gasteiger partial charge in [-0.1, -0.05) is 11.9 Å². The molecule has 0 saturated heterocycles. The van der Waals surface area contributed by atoms with Crippen LogP contribution in [0.1, 0.15) is 6.42 Å². The molecule has 1 N–H and O–H groups in total. The summed E-state index contributed by atoms with van der Waals surface area (Å²) in [6, 6.07) is 0. The summed E-state index contributed by atoms with van der Waals surface area (Å²) in [5, 5.41) is 0. The number of nitrogens with one attached hydrogen (secondary N) is 1. The van der Waals surface area contributed by atoms with Crippen molar-refractivity contribution < 1.29 is 4.74 Å². The van der Waals surface area contributed by atoms with E-state index in [-0.39, 0.29) is 0 Å². The highest BCUT2D eigenvalue weighted by Gasteiger charge is 1.81. The smallest absolute Gasteiger partial charge is 0.0474 e. The van der Waals surface area contributed by atoms with E-state index in [1.54, 1.807) is 19.1 Å². The van der Waals surface area contributed by atoms with Crippen molar-refractivity contribution in [2.24, 2.45) is 0 Å². The van der Waals surface area contributed by atoms with Crippen LogP contribution in [0.15, 0.2) is 0 Å². The molecule has 0 aromatic carbocycles. The van der Waals surface area contributed by atoms with Gasteiger partial charge in [-0.15, -0.1) is 0 Å². The fourth-order valence-corrected chi connectivity index (χ4v) is 0.739. The molecule has 3 heteroatoms. The first-order valence-electron chi connectivity index (χ1n) is 2.66. The van der Waals surface area contributed by atoms with Crippen molar-refractivity contribution in [2.75, 3.05) is 26.5 Å². The highest BCUT2D eigenvalue weighted by atomic mass is 32.2. The van der Waals surface area contributed by atoms with Crippen LogP contribution in [0.25, 0.3) is 0 Å². The van der Waals surface area contributed by atoms with Gasteiger partial charge in [0.2, 0.25) is 0 Å². The Morgan fingerprint density at radius 3 is 2.88 bits per heavy atom. The van der Waals surface area contributed by atoms with E-state index in [1.807, 2.05) is 6.26 Å². The van der Waals surface area contributed by atoms with Crippen molar-refractivity contribution in [3.05, 3.63) is 0 Å². The lowest BCUT2D eigenvalue weighted by molar-refractivity contribution is 0.196. The Hall–Kier alpha value is 0.270. The van der Waals surface area contributed by atoms with Crippen molar-refractivity contribution in [2.45, 2.75) is 6.42 Å². The first-order chi connectivity index (χ1) is 3.91. The third-order valence-electron chi connectivity index (χ3n) is 0.772. The second-order valence-electron chi connectivity index (χ2n) is 1.44. The Kier molecular flexibility index (Phi) is 7.52. The third kappa shape index (κ3) is 6.27. The summed E-state index contributed by atoms with van der Waals surface area (Å²) in [6.45, 7) is 1.89. The van der Waals surface area contributed by atoms with E-state index in [4.69, 9.17) is 4.74 Å². The van der Waals surface area contributed by atoms with E-state index in [0.29, 0.717) is 0 Å². The summed E-state index contributed by atoms with van der Waals surface area (Å²) in [6.07, 6.45) is 3.12. The molecular formula is C5H13NOS. The molecule has 0 saturated carbocycles. The zero-order chi connectivity index (χ0) is 6.24. The fraction of sp³-hybridized carbons (Fsp3) is 1.00. The van der Waals surface area contributed by atoms with Crippen LogP contribution in [0, 0.1) is 0 Å². The average molecular weight is 135 g/mol. The van der Waals surface area contributed by atoms with Gasteiger partial charge in [0.25, 0.3) is 0 Å². The number of rotatable bonds is 5. The summed E-state index contributed by atoms with van der Waals surface area (Å²) < 4.78 is 7.96. The average Bonchev–Trinajstić information content (AvgIpc) is 1.81. The molecule has 0 aromatic rings. The summed E-state index contributed by atoms with van der Waals surface area (Å²) in [4.78, 5) is 0. The third-order valence-corrected chi connectivity index (χ3v) is 1.26. The summed E-state index contributed by atoms with van der Waals surface area (Å²) in [5.41, 5.74) is 0. The van der Waals surface area contributed by atoms with Gasteiger partial charge >= 0.3 is 0 Å². The van der Waals surface area contributed by atoms with Gasteiger partial charge in [-0.05, 0) is 12.7 Å². The molecule has 0 spiro atoms. The summed E-state index contributed by atoms with van der Waals surface area (Å²) in [7, 11) is 1.72. The van der Waals surface area contributed by atoms with E-state index < -0.39 is 0 Å². The van der Waals surface area contributed by atoms with E-state index in [1.165, 1.54) is 0 Å². The zero-order valence-electron chi connectivity index (χ0n) is 5.44. The molecule has 0 fully saturated rings. The Labute approximate surface area is 55.1 Å². The molecule has 50 valence electrons. The van der Waals surface area contributed by atoms with Gasteiger partial charge in [0.05, 0.1) is 0 Å². The van der Waals surface area contributed by atoms with Gasteiger partial charge in [0, 0.05) is 20.3 Å². The molecule has 0 amide bonds. The zero-order valence-corrected chi connectivity index (χ0v) is 6.25. The van der Waals surface area contributed by atoms with Crippen molar-refractivity contribution in [1.29, 1.82) is 0 Å². The Morgan fingerprint density at radius 2 is 2.38 bits per heavy atom. The summed E-state index contributed by atoms with van der Waals surface area (Å²) in [5.74, 6) is 0. The molecule has 0 aromatic heterocycles. The normalized spacial score (nSPS) is 9.75. The van der Waals surface area contributed by atoms with Crippen molar-refractivity contribution >= 4 is 11.9 Å². The molecule has 0 heterocycles. The molecular weight excluding hydrogens is 122 g/mol. The maximum absolute atomic E-state index is 4.84. The van der Waals surface area contributed by atoms with Crippen LogP contribution < -0.4 is 4.72 Å². The number of hydrogen-bond acceptors (Lipinski definition) is 3. The molecule has 2 nitrogen and oxygen atoms in total. The van der Waals surface area contributed by atoms with Gasteiger partial charge in [-0.25, -0.2) is 0 Å². The van der Waals surface area contributed by atoms with Crippen molar-refractivity contribution in [3.8, 4) is 0 Å². The second kappa shape index (κ2) is 7.27. The molecule has 0 aliphatic rings. The van der Waals surface area contributed by atoms with E-state index in [0.717, 1.165) is 19.6 Å². The van der Waals surface area contributed by atoms with E-state index in [2.05, 4.69) is 4.72 Å². The molecule has 0 aliphatic carbocycles. The molecule has 8 heavy (non-hydrogen) atoms. The van der Waals surface area contributed by atoms with Crippen LogP contribution in [0.2, 0.25) is 0 Å². The molecule has 0 radical (unpaired) electrons. The largest absolute Gasteiger partial charge is 0.385 e. The topological polar surface area (TPSA) is 21.3 Å².